The van der Waals surface area contributed by atoms with Crippen LogP contribution in [0.4, 0.5) is 17.6 Å². The molecule has 47 heavy (non-hydrogen) atoms. The number of hydrogen-bond acceptors (Lipinski definition) is 13. The molecule has 1 unspecified atom stereocenters. The van der Waals surface area contributed by atoms with E-state index in [9.17, 15) is 8.42 Å². The van der Waals surface area contributed by atoms with Crippen molar-refractivity contribution in [3.8, 4) is 11.5 Å². The molecule has 0 radical (unpaired) electrons. The summed E-state index contributed by atoms with van der Waals surface area (Å²) in [5.74, 6) is 2.87. The number of fused-ring (bicyclic) bond motifs is 1. The molecule has 2 aliphatic rings. The Morgan fingerprint density at radius 2 is 1.79 bits per heavy atom. The summed E-state index contributed by atoms with van der Waals surface area (Å²) in [6.07, 6.45) is 6.56. The normalized spacial score (nSPS) is 18.0. The van der Waals surface area contributed by atoms with Gasteiger partial charge in [0, 0.05) is 48.9 Å². The predicted octanol–water partition coefficient (Wildman–Crippen LogP) is 3.74. The molecule has 14 nitrogen and oxygen atoms in total. The molecule has 3 aromatic heterocycles. The van der Waals surface area contributed by atoms with Crippen molar-refractivity contribution in [2.45, 2.75) is 63.2 Å². The van der Waals surface area contributed by atoms with Crippen LogP contribution in [0.15, 0.2) is 35.7 Å². The Bertz CT molecular complexity index is 1790. The van der Waals surface area contributed by atoms with Gasteiger partial charge in [0.1, 0.15) is 35.5 Å². The average Bonchev–Trinajstić information content (AvgIpc) is 3.39. The fraction of sp³-hybridized carbons (Fsp3) is 0.531. The molecule has 5 heterocycles. The van der Waals surface area contributed by atoms with Gasteiger partial charge in [-0.05, 0) is 59.4 Å². The van der Waals surface area contributed by atoms with Crippen molar-refractivity contribution in [1.29, 1.82) is 0 Å². The van der Waals surface area contributed by atoms with Gasteiger partial charge in [-0.1, -0.05) is 0 Å². The average molecular weight is 666 g/mol. The van der Waals surface area contributed by atoms with Crippen molar-refractivity contribution in [2.24, 2.45) is 5.92 Å². The minimum atomic E-state index is -3.78. The monoisotopic (exact) mass is 665 g/mol. The summed E-state index contributed by atoms with van der Waals surface area (Å²) in [7, 11) is -3.78. The molecule has 15 heteroatoms. The molecule has 1 atom stereocenters. The van der Waals surface area contributed by atoms with Gasteiger partial charge in [-0.25, -0.2) is 28.4 Å². The van der Waals surface area contributed by atoms with Gasteiger partial charge in [0.05, 0.1) is 35.9 Å². The number of rotatable bonds is 10. The molecule has 0 aliphatic carbocycles. The van der Waals surface area contributed by atoms with Gasteiger partial charge in [0.2, 0.25) is 5.95 Å². The maximum atomic E-state index is 13.8. The predicted molar refractivity (Wildman–Crippen MR) is 178 cm³/mol. The minimum absolute atomic E-state index is 0.0211. The maximum Gasteiger partial charge on any atom is 0.225 e. The number of sulfone groups is 1. The van der Waals surface area contributed by atoms with Crippen LogP contribution in [0.1, 0.15) is 44.9 Å². The van der Waals surface area contributed by atoms with E-state index in [1.807, 2.05) is 13.8 Å². The number of anilines is 3. The standard InChI is InChI=1S/C32H43N9O5S/c1-20-21(2)39-40-29(20)38-30-25-12-28(47(42,43)32(3,4)5)27(13-26(25)36-19-37-30)46-17-22-6-9-41(10-7-22)31-34-15-23(16-35-31)45-18-24-14-33-8-11-44-24/h12-13,15-16,19,22,24,33H,6-11,14,17-18H2,1-5H3,(H2,36,37,38,39,40). The Labute approximate surface area is 275 Å². The number of aromatic nitrogens is 6. The van der Waals surface area contributed by atoms with Crippen molar-refractivity contribution < 1.29 is 22.6 Å². The van der Waals surface area contributed by atoms with E-state index < -0.39 is 14.6 Å². The highest BCUT2D eigenvalue weighted by atomic mass is 32.2. The van der Waals surface area contributed by atoms with Crippen LogP contribution in [-0.2, 0) is 14.6 Å². The summed E-state index contributed by atoms with van der Waals surface area (Å²) < 4.78 is 44.5. The molecule has 0 spiro atoms. The SMILES string of the molecule is Cc1[nH]nc(Nc2ncnc3cc(OCC4CCN(c5ncc(OCC6CNCCO6)cn5)CC4)c(S(=O)(=O)C(C)(C)C)cc23)c1C. The Hall–Kier alpha value is -4.08. The van der Waals surface area contributed by atoms with Crippen LogP contribution in [0, 0.1) is 19.8 Å². The summed E-state index contributed by atoms with van der Waals surface area (Å²) in [4.78, 5) is 20.2. The number of nitrogens with one attached hydrogen (secondary N) is 3. The highest BCUT2D eigenvalue weighted by Gasteiger charge is 2.35. The molecule has 3 N–H and O–H groups in total. The number of aryl methyl sites for hydroxylation is 1. The first-order chi connectivity index (χ1) is 22.5. The quantitative estimate of drug-likeness (QED) is 0.224. The summed E-state index contributed by atoms with van der Waals surface area (Å²) >= 11 is 0. The third kappa shape index (κ3) is 7.26. The molecule has 4 aromatic rings. The number of hydrogen-bond donors (Lipinski definition) is 3. The first kappa shape index (κ1) is 32.8. The van der Waals surface area contributed by atoms with E-state index >= 15 is 0 Å². The molecule has 2 aliphatic heterocycles. The molecule has 0 bridgehead atoms. The number of ether oxygens (including phenoxy) is 3. The van der Waals surface area contributed by atoms with Crippen molar-refractivity contribution in [1.82, 2.24) is 35.5 Å². The lowest BCUT2D eigenvalue weighted by Gasteiger charge is -2.32. The topological polar surface area (TPSA) is 169 Å². The van der Waals surface area contributed by atoms with E-state index in [1.54, 1.807) is 45.3 Å². The number of nitrogens with zero attached hydrogens (tertiary/aromatic N) is 6. The van der Waals surface area contributed by atoms with Crippen LogP contribution >= 0.6 is 0 Å². The minimum Gasteiger partial charge on any atom is -0.492 e. The maximum absolute atomic E-state index is 13.8. The van der Waals surface area contributed by atoms with Crippen molar-refractivity contribution in [2.75, 3.05) is 56.2 Å². The van der Waals surface area contributed by atoms with E-state index in [2.05, 4.69) is 45.7 Å². The van der Waals surface area contributed by atoms with Crippen LogP contribution in [-0.4, -0.2) is 95.4 Å². The zero-order chi connectivity index (χ0) is 33.2. The fourth-order valence-corrected chi connectivity index (χ4v) is 6.82. The lowest BCUT2D eigenvalue weighted by molar-refractivity contribution is 0.0000540. The van der Waals surface area contributed by atoms with Gasteiger partial charge < -0.3 is 29.7 Å². The van der Waals surface area contributed by atoms with Gasteiger partial charge >= 0.3 is 0 Å². The Balaban J connectivity index is 1.13. The first-order valence-electron chi connectivity index (χ1n) is 16.0. The number of H-pyrrole nitrogens is 1. The first-order valence-corrected chi connectivity index (χ1v) is 17.4. The number of morpholine rings is 1. The van der Waals surface area contributed by atoms with Crippen molar-refractivity contribution in [3.63, 3.8) is 0 Å². The molecule has 1 aromatic carbocycles. The number of benzene rings is 1. The molecule has 2 fully saturated rings. The second-order valence-corrected chi connectivity index (χ2v) is 15.7. The molecule has 2 saturated heterocycles. The van der Waals surface area contributed by atoms with Crippen LogP contribution in [0.5, 0.6) is 11.5 Å². The second kappa shape index (κ2) is 13.6. The molecule has 0 amide bonds. The smallest absolute Gasteiger partial charge is 0.225 e. The summed E-state index contributed by atoms with van der Waals surface area (Å²) in [5.41, 5.74) is 2.44. The molecule has 0 saturated carbocycles. The van der Waals surface area contributed by atoms with Gasteiger partial charge in [-0.2, -0.15) is 5.10 Å². The molecule has 252 valence electrons. The lowest BCUT2D eigenvalue weighted by atomic mass is 9.98. The van der Waals surface area contributed by atoms with Gasteiger partial charge in [-0.3, -0.25) is 5.10 Å². The summed E-state index contributed by atoms with van der Waals surface area (Å²) in [6, 6.07) is 3.32. The van der Waals surface area contributed by atoms with Crippen LogP contribution in [0.25, 0.3) is 10.9 Å². The van der Waals surface area contributed by atoms with Gasteiger partial charge in [0.15, 0.2) is 21.4 Å². The van der Waals surface area contributed by atoms with Crippen LogP contribution < -0.4 is 25.0 Å². The summed E-state index contributed by atoms with van der Waals surface area (Å²) in [6.45, 7) is 13.6. The van der Waals surface area contributed by atoms with Crippen molar-refractivity contribution in [3.05, 3.63) is 42.1 Å². The van der Waals surface area contributed by atoms with E-state index in [4.69, 9.17) is 14.2 Å². The second-order valence-electron chi connectivity index (χ2n) is 13.1. The van der Waals surface area contributed by atoms with E-state index in [0.29, 0.717) is 59.8 Å². The summed E-state index contributed by atoms with van der Waals surface area (Å²) in [5, 5.41) is 14.4. The Morgan fingerprint density at radius 3 is 2.45 bits per heavy atom. The Morgan fingerprint density at radius 1 is 1.02 bits per heavy atom. The van der Waals surface area contributed by atoms with Gasteiger partial charge in [-0.15, -0.1) is 0 Å². The van der Waals surface area contributed by atoms with Crippen LogP contribution in [0.3, 0.4) is 0 Å². The fourth-order valence-electron chi connectivity index (χ4n) is 5.51. The number of piperidine rings is 1. The van der Waals surface area contributed by atoms with Crippen LogP contribution in [0.2, 0.25) is 0 Å². The highest BCUT2D eigenvalue weighted by molar-refractivity contribution is 7.92. The molecule has 6 rings (SSSR count). The zero-order valence-corrected chi connectivity index (χ0v) is 28.4. The van der Waals surface area contributed by atoms with E-state index in [0.717, 1.165) is 50.3 Å². The van der Waals surface area contributed by atoms with Crippen molar-refractivity contribution >= 4 is 38.3 Å². The van der Waals surface area contributed by atoms with E-state index in [1.165, 1.54) is 6.33 Å². The number of aromatic amines is 1. The third-order valence-electron chi connectivity index (χ3n) is 8.71. The largest absolute Gasteiger partial charge is 0.492 e. The Kier molecular flexibility index (Phi) is 9.48. The third-order valence-corrected chi connectivity index (χ3v) is 11.2. The highest BCUT2D eigenvalue weighted by Crippen LogP contribution is 2.38. The van der Waals surface area contributed by atoms with E-state index in [-0.39, 0.29) is 16.9 Å². The molecular formula is C32H43N9O5S. The van der Waals surface area contributed by atoms with Gasteiger partial charge in [0.25, 0.3) is 0 Å². The molecular weight excluding hydrogens is 622 g/mol. The lowest BCUT2D eigenvalue weighted by Crippen LogP contribution is -2.41. The zero-order valence-electron chi connectivity index (χ0n) is 27.5.